The minimum atomic E-state index is -0.544. The van der Waals surface area contributed by atoms with Gasteiger partial charge in [-0.3, -0.25) is 14.1 Å². The summed E-state index contributed by atoms with van der Waals surface area (Å²) in [7, 11) is 0. The molecule has 3 heterocycles. The number of fused-ring (bicyclic) bond motifs is 1. The lowest BCUT2D eigenvalue weighted by atomic mass is 9.89. The van der Waals surface area contributed by atoms with Crippen molar-refractivity contribution in [2.75, 3.05) is 13.1 Å². The molecule has 0 radical (unpaired) electrons. The summed E-state index contributed by atoms with van der Waals surface area (Å²) in [5.74, 6) is 0. The number of likely N-dealkylation sites (tertiary alicyclic amines) is 1. The lowest BCUT2D eigenvalue weighted by molar-refractivity contribution is -0.107. The molecule has 1 saturated heterocycles. The van der Waals surface area contributed by atoms with E-state index in [0.717, 1.165) is 24.1 Å². The second-order valence-electron chi connectivity index (χ2n) is 6.14. The molecule has 0 aromatic carbocycles. The van der Waals surface area contributed by atoms with Crippen molar-refractivity contribution in [3.8, 4) is 0 Å². The van der Waals surface area contributed by atoms with E-state index in [4.69, 9.17) is 0 Å². The van der Waals surface area contributed by atoms with Crippen LogP contribution in [-0.4, -0.2) is 38.1 Å². The Balaban J connectivity index is 1.77. The zero-order valence-corrected chi connectivity index (χ0v) is 12.5. The number of β-amino-alcohol motifs (C(OH)–C–C–N with tert-alkyl or cyclic N) is 1. The molecule has 0 aliphatic carbocycles. The summed E-state index contributed by atoms with van der Waals surface area (Å²) in [5.41, 5.74) is 1.88. The first-order chi connectivity index (χ1) is 9.99. The van der Waals surface area contributed by atoms with Crippen molar-refractivity contribution in [3.05, 3.63) is 46.0 Å². The molecule has 21 heavy (non-hydrogen) atoms. The van der Waals surface area contributed by atoms with Gasteiger partial charge in [0.25, 0.3) is 5.56 Å². The molecular weight excluding hydrogens is 266 g/mol. The predicted molar refractivity (Wildman–Crippen MR) is 81.3 cm³/mol. The van der Waals surface area contributed by atoms with Gasteiger partial charge in [0.15, 0.2) is 0 Å². The van der Waals surface area contributed by atoms with Crippen LogP contribution in [0.25, 0.3) is 5.65 Å². The van der Waals surface area contributed by atoms with Crippen LogP contribution in [-0.2, 0) is 6.54 Å². The van der Waals surface area contributed by atoms with Crippen LogP contribution in [0.4, 0.5) is 0 Å². The molecule has 3 rings (SSSR count). The molecule has 2 aromatic rings. The molecule has 2 aromatic heterocycles. The number of hydrogen-bond donors (Lipinski definition) is 1. The van der Waals surface area contributed by atoms with Gasteiger partial charge in [0.2, 0.25) is 0 Å². The standard InChI is InChI=1S/C16H21N3O2/c1-3-6-16(21)10-18(11-16)9-13-7-15(20)19-8-12(2)4-5-14(19)17-13/h4-5,7-8,21H,3,6,9-11H2,1-2H3. The summed E-state index contributed by atoms with van der Waals surface area (Å²) < 4.78 is 1.57. The molecule has 0 spiro atoms. The Hall–Kier alpha value is -1.72. The van der Waals surface area contributed by atoms with Gasteiger partial charge in [-0.15, -0.1) is 0 Å². The van der Waals surface area contributed by atoms with Gasteiger partial charge >= 0.3 is 0 Å². The zero-order chi connectivity index (χ0) is 15.0. The second kappa shape index (κ2) is 5.24. The fraction of sp³-hybridized carbons (Fsp3) is 0.500. The molecule has 0 unspecified atom stereocenters. The van der Waals surface area contributed by atoms with Crippen LogP contribution in [0.3, 0.4) is 0 Å². The minimum Gasteiger partial charge on any atom is -0.387 e. The van der Waals surface area contributed by atoms with Crippen molar-refractivity contribution in [2.45, 2.75) is 38.8 Å². The Morgan fingerprint density at radius 3 is 2.86 bits per heavy atom. The fourth-order valence-corrected chi connectivity index (χ4v) is 3.09. The molecule has 0 bridgehead atoms. The quantitative estimate of drug-likeness (QED) is 0.922. The van der Waals surface area contributed by atoms with E-state index in [1.54, 1.807) is 16.7 Å². The summed E-state index contributed by atoms with van der Waals surface area (Å²) in [6.07, 6.45) is 3.62. The summed E-state index contributed by atoms with van der Waals surface area (Å²) in [5, 5.41) is 10.2. The van der Waals surface area contributed by atoms with Crippen LogP contribution in [0.5, 0.6) is 0 Å². The van der Waals surface area contributed by atoms with Crippen molar-refractivity contribution in [1.82, 2.24) is 14.3 Å². The molecule has 0 amide bonds. The highest BCUT2D eigenvalue weighted by atomic mass is 16.3. The number of pyridine rings is 1. The third kappa shape index (κ3) is 2.84. The zero-order valence-electron chi connectivity index (χ0n) is 12.5. The van der Waals surface area contributed by atoms with Crippen LogP contribution in [0, 0.1) is 6.92 Å². The van der Waals surface area contributed by atoms with Crippen molar-refractivity contribution >= 4 is 5.65 Å². The summed E-state index contributed by atoms with van der Waals surface area (Å²) in [6.45, 7) is 5.97. The van der Waals surface area contributed by atoms with E-state index >= 15 is 0 Å². The van der Waals surface area contributed by atoms with Crippen LogP contribution in [0.1, 0.15) is 31.0 Å². The molecule has 5 heteroatoms. The number of hydrogen-bond acceptors (Lipinski definition) is 4. The van der Waals surface area contributed by atoms with Gasteiger partial charge in [0.1, 0.15) is 5.65 Å². The Labute approximate surface area is 123 Å². The van der Waals surface area contributed by atoms with E-state index in [9.17, 15) is 9.90 Å². The van der Waals surface area contributed by atoms with Crippen LogP contribution < -0.4 is 5.56 Å². The normalized spacial score (nSPS) is 17.9. The number of aliphatic hydroxyl groups is 1. The van der Waals surface area contributed by atoms with E-state index in [-0.39, 0.29) is 5.56 Å². The summed E-state index contributed by atoms with van der Waals surface area (Å²) in [4.78, 5) is 18.8. The largest absolute Gasteiger partial charge is 0.387 e. The van der Waals surface area contributed by atoms with Gasteiger partial charge in [-0.1, -0.05) is 19.4 Å². The van der Waals surface area contributed by atoms with E-state index in [1.165, 1.54) is 0 Å². The van der Waals surface area contributed by atoms with Gasteiger partial charge in [-0.05, 0) is 25.0 Å². The second-order valence-corrected chi connectivity index (χ2v) is 6.14. The Morgan fingerprint density at radius 1 is 1.38 bits per heavy atom. The van der Waals surface area contributed by atoms with Crippen LogP contribution >= 0.6 is 0 Å². The number of aromatic nitrogens is 2. The maximum absolute atomic E-state index is 12.1. The van der Waals surface area contributed by atoms with E-state index in [1.807, 2.05) is 19.1 Å². The number of nitrogens with zero attached hydrogens (tertiary/aromatic N) is 3. The van der Waals surface area contributed by atoms with Crippen LogP contribution in [0.2, 0.25) is 0 Å². The molecule has 1 aliphatic heterocycles. The maximum Gasteiger partial charge on any atom is 0.258 e. The average molecular weight is 287 g/mol. The average Bonchev–Trinajstić information content (AvgIpc) is 2.38. The maximum atomic E-state index is 12.1. The van der Waals surface area contributed by atoms with E-state index < -0.39 is 5.60 Å². The summed E-state index contributed by atoms with van der Waals surface area (Å²) >= 11 is 0. The Bertz CT molecular complexity index is 717. The smallest absolute Gasteiger partial charge is 0.258 e. The molecule has 1 fully saturated rings. The van der Waals surface area contributed by atoms with Gasteiger partial charge in [-0.25, -0.2) is 4.98 Å². The molecule has 1 aliphatic rings. The van der Waals surface area contributed by atoms with Gasteiger partial charge in [0, 0.05) is 31.9 Å². The third-order valence-electron chi connectivity index (χ3n) is 4.00. The molecule has 0 atom stereocenters. The monoisotopic (exact) mass is 287 g/mol. The summed E-state index contributed by atoms with van der Waals surface area (Å²) in [6, 6.07) is 5.41. The van der Waals surface area contributed by atoms with Gasteiger partial charge < -0.3 is 5.11 Å². The van der Waals surface area contributed by atoms with Crippen molar-refractivity contribution in [2.24, 2.45) is 0 Å². The fourth-order valence-electron chi connectivity index (χ4n) is 3.09. The lowest BCUT2D eigenvalue weighted by Crippen LogP contribution is -2.61. The lowest BCUT2D eigenvalue weighted by Gasteiger charge is -2.46. The molecule has 1 N–H and O–H groups in total. The number of aryl methyl sites for hydroxylation is 1. The first-order valence-electron chi connectivity index (χ1n) is 7.43. The predicted octanol–water partition coefficient (Wildman–Crippen LogP) is 1.35. The highest BCUT2D eigenvalue weighted by Gasteiger charge is 2.39. The van der Waals surface area contributed by atoms with E-state index in [0.29, 0.717) is 25.3 Å². The Kier molecular flexibility index (Phi) is 3.55. The van der Waals surface area contributed by atoms with Crippen molar-refractivity contribution < 1.29 is 5.11 Å². The van der Waals surface area contributed by atoms with Gasteiger partial charge in [-0.2, -0.15) is 0 Å². The van der Waals surface area contributed by atoms with E-state index in [2.05, 4.69) is 16.8 Å². The first-order valence-corrected chi connectivity index (χ1v) is 7.43. The van der Waals surface area contributed by atoms with Crippen molar-refractivity contribution in [3.63, 3.8) is 0 Å². The third-order valence-corrected chi connectivity index (χ3v) is 4.00. The van der Waals surface area contributed by atoms with Gasteiger partial charge in [0.05, 0.1) is 11.3 Å². The number of rotatable bonds is 4. The SMILES string of the molecule is CCCC1(O)CN(Cc2cc(=O)n3cc(C)ccc3n2)C1. The highest BCUT2D eigenvalue weighted by molar-refractivity contribution is 5.39. The highest BCUT2D eigenvalue weighted by Crippen LogP contribution is 2.26. The Morgan fingerprint density at radius 2 is 2.14 bits per heavy atom. The van der Waals surface area contributed by atoms with Crippen molar-refractivity contribution in [1.29, 1.82) is 0 Å². The molecule has 0 saturated carbocycles. The van der Waals surface area contributed by atoms with Crippen LogP contribution in [0.15, 0.2) is 29.2 Å². The molecule has 112 valence electrons. The molecular formula is C16H21N3O2. The minimum absolute atomic E-state index is 0.0527. The first kappa shape index (κ1) is 14.2. The molecule has 5 nitrogen and oxygen atoms in total. The topological polar surface area (TPSA) is 57.8 Å².